The zero-order valence-electron chi connectivity index (χ0n) is 24.8. The second kappa shape index (κ2) is 11.7. The first-order chi connectivity index (χ1) is 20.7. The summed E-state index contributed by atoms with van der Waals surface area (Å²) in [7, 11) is 3.18. The van der Waals surface area contributed by atoms with Crippen LogP contribution in [0.1, 0.15) is 62.3 Å². The van der Waals surface area contributed by atoms with E-state index < -0.39 is 29.2 Å². The summed E-state index contributed by atoms with van der Waals surface area (Å²) < 4.78 is 31.3. The summed E-state index contributed by atoms with van der Waals surface area (Å²) in [6.07, 6.45) is 6.67. The van der Waals surface area contributed by atoms with Gasteiger partial charge in [0.1, 0.15) is 33.5 Å². The molecule has 2 aliphatic rings. The van der Waals surface area contributed by atoms with Crippen LogP contribution >= 0.6 is 11.3 Å². The summed E-state index contributed by atoms with van der Waals surface area (Å²) >= 11 is 1.28. The lowest BCUT2D eigenvalue weighted by Crippen LogP contribution is -2.45. The highest BCUT2D eigenvalue weighted by atomic mass is 32.1. The van der Waals surface area contributed by atoms with Gasteiger partial charge in [-0.1, -0.05) is 18.3 Å². The summed E-state index contributed by atoms with van der Waals surface area (Å²) in [5.74, 6) is 0.322. The van der Waals surface area contributed by atoms with Crippen LogP contribution in [0.15, 0.2) is 46.2 Å². The quantitative estimate of drug-likeness (QED) is 0.289. The largest absolute Gasteiger partial charge is 0.496 e. The fourth-order valence-corrected chi connectivity index (χ4v) is 7.62. The van der Waals surface area contributed by atoms with Crippen LogP contribution in [-0.4, -0.2) is 56.5 Å². The molecule has 0 radical (unpaired) electrons. The number of thiophene rings is 1. The number of halogens is 1. The van der Waals surface area contributed by atoms with Gasteiger partial charge >= 0.3 is 5.69 Å². The third kappa shape index (κ3) is 5.31. The normalized spacial score (nSPS) is 21.6. The van der Waals surface area contributed by atoms with E-state index in [0.717, 1.165) is 30.3 Å². The Kier molecular flexibility index (Phi) is 7.99. The number of aromatic nitrogens is 4. The zero-order valence-corrected chi connectivity index (χ0v) is 25.6. The van der Waals surface area contributed by atoms with Crippen molar-refractivity contribution < 1.29 is 18.7 Å². The Morgan fingerprint density at radius 3 is 2.56 bits per heavy atom. The zero-order chi connectivity index (χ0) is 30.4. The molecule has 1 amide bonds. The number of nitrogens with zero attached hydrogens (tertiary/aromatic N) is 5. The average Bonchev–Trinajstić information content (AvgIpc) is 3.72. The van der Waals surface area contributed by atoms with E-state index in [2.05, 4.69) is 12.0 Å². The molecule has 4 aromatic rings. The topological polar surface area (TPSA) is 101 Å². The van der Waals surface area contributed by atoms with E-state index in [1.807, 2.05) is 6.92 Å². The maximum Gasteiger partial charge on any atom is 0.332 e. The standard InChI is InChI=1S/C31H36FN5O5S/c1-18-6-9-21(10-7-18)42-25(22-16-20(32)8-11-24(22)41-4)17-35-30-26(19(2)29(43-30)36-14-5-13-33-36)28(39)37(31(35)40)23-12-15-34(3)27(23)38/h5,8,11,13-14,16,18,21,23,25H,6-7,9-10,12,15,17H2,1-4H3/t18?,21?,23-,25+/m1/s1. The van der Waals surface area contributed by atoms with Crippen molar-refractivity contribution in [3.63, 3.8) is 0 Å². The van der Waals surface area contributed by atoms with Crippen molar-refractivity contribution in [3.8, 4) is 10.8 Å². The molecule has 6 rings (SSSR count). The fraction of sp³-hybridized carbons (Fsp3) is 0.484. The Bertz CT molecular complexity index is 1770. The van der Waals surface area contributed by atoms with Crippen LogP contribution in [0.3, 0.4) is 0 Å². The van der Waals surface area contributed by atoms with Gasteiger partial charge in [-0.2, -0.15) is 5.10 Å². The average molecular weight is 610 g/mol. The molecule has 10 nitrogen and oxygen atoms in total. The van der Waals surface area contributed by atoms with Crippen LogP contribution in [0.25, 0.3) is 15.2 Å². The van der Waals surface area contributed by atoms with E-state index >= 15 is 0 Å². The summed E-state index contributed by atoms with van der Waals surface area (Å²) in [6.45, 7) is 4.49. The first-order valence-electron chi connectivity index (χ1n) is 14.7. The number of amides is 1. The third-order valence-corrected chi connectivity index (χ3v) is 10.2. The first kappa shape index (κ1) is 29.3. The Balaban J connectivity index is 1.55. The maximum atomic E-state index is 14.7. The minimum atomic E-state index is -0.906. The number of fused-ring (bicyclic) bond motifs is 1. The molecule has 0 spiro atoms. The highest BCUT2D eigenvalue weighted by Crippen LogP contribution is 2.37. The molecule has 4 heterocycles. The van der Waals surface area contributed by atoms with Gasteiger partial charge < -0.3 is 14.4 Å². The maximum absolute atomic E-state index is 14.7. The van der Waals surface area contributed by atoms with Crippen LogP contribution in [-0.2, 0) is 16.1 Å². The van der Waals surface area contributed by atoms with Gasteiger partial charge in [-0.3, -0.25) is 14.2 Å². The molecule has 1 aliphatic carbocycles. The predicted octanol–water partition coefficient (Wildman–Crippen LogP) is 4.61. The van der Waals surface area contributed by atoms with Crippen LogP contribution in [0.4, 0.5) is 4.39 Å². The molecule has 2 atom stereocenters. The minimum absolute atomic E-state index is 0.00324. The smallest absolute Gasteiger partial charge is 0.332 e. The molecule has 228 valence electrons. The molecule has 0 unspecified atom stereocenters. The highest BCUT2D eigenvalue weighted by molar-refractivity contribution is 7.21. The lowest BCUT2D eigenvalue weighted by molar-refractivity contribution is -0.129. The van der Waals surface area contributed by atoms with Crippen molar-refractivity contribution in [1.82, 2.24) is 23.8 Å². The molecule has 12 heteroatoms. The number of likely N-dealkylation sites (N-methyl/N-ethyl adjacent to an activating group) is 1. The molecule has 43 heavy (non-hydrogen) atoms. The van der Waals surface area contributed by atoms with Crippen LogP contribution in [0, 0.1) is 18.7 Å². The van der Waals surface area contributed by atoms with Crippen molar-refractivity contribution in [1.29, 1.82) is 0 Å². The van der Waals surface area contributed by atoms with Crippen molar-refractivity contribution >= 4 is 27.5 Å². The Hall–Kier alpha value is -3.77. The molecule has 1 saturated carbocycles. The molecular weight excluding hydrogens is 573 g/mol. The number of methoxy groups -OCH3 is 1. The molecular formula is C31H36FN5O5S. The highest BCUT2D eigenvalue weighted by Gasteiger charge is 2.36. The van der Waals surface area contributed by atoms with E-state index in [0.29, 0.717) is 51.0 Å². The molecule has 0 bridgehead atoms. The summed E-state index contributed by atoms with van der Waals surface area (Å²) in [6, 6.07) is 5.15. The predicted molar refractivity (Wildman–Crippen MR) is 162 cm³/mol. The van der Waals surface area contributed by atoms with E-state index in [1.165, 1.54) is 40.0 Å². The lowest BCUT2D eigenvalue weighted by atomic mass is 9.88. The molecule has 0 N–H and O–H groups in total. The Labute approximate surface area is 252 Å². The molecule has 3 aromatic heterocycles. The second-order valence-corrected chi connectivity index (χ2v) is 12.7. The van der Waals surface area contributed by atoms with E-state index in [-0.39, 0.29) is 18.6 Å². The summed E-state index contributed by atoms with van der Waals surface area (Å²) in [5, 5.41) is 5.41. The molecule has 2 fully saturated rings. The van der Waals surface area contributed by atoms with Crippen molar-refractivity contribution in [2.45, 2.75) is 70.7 Å². The first-order valence-corrected chi connectivity index (χ1v) is 15.5. The number of ether oxygens (including phenoxy) is 2. The number of carbonyl (C=O) groups excluding carboxylic acids is 1. The van der Waals surface area contributed by atoms with Gasteiger partial charge in [0.25, 0.3) is 5.56 Å². The Morgan fingerprint density at radius 2 is 1.91 bits per heavy atom. The van der Waals surface area contributed by atoms with E-state index in [1.54, 1.807) is 36.3 Å². The molecule has 1 saturated heterocycles. The number of likely N-dealkylation sites (tertiary alicyclic amines) is 1. The number of hydrogen-bond acceptors (Lipinski definition) is 7. The van der Waals surface area contributed by atoms with Gasteiger partial charge in [-0.25, -0.2) is 18.4 Å². The SMILES string of the molecule is COc1ccc(F)cc1[C@H](Cn1c(=O)n([C@@H]2CCN(C)C2=O)c(=O)c2c(C)c(-n3cccn3)sc21)OC1CCC(C)CC1. The number of hydrogen-bond donors (Lipinski definition) is 0. The van der Waals surface area contributed by atoms with Gasteiger partial charge in [0, 0.05) is 37.1 Å². The number of carbonyl (C=O) groups is 1. The summed E-state index contributed by atoms with van der Waals surface area (Å²) in [5.41, 5.74) is 0.0491. The van der Waals surface area contributed by atoms with Crippen LogP contribution < -0.4 is 16.0 Å². The Morgan fingerprint density at radius 1 is 1.14 bits per heavy atom. The van der Waals surface area contributed by atoms with Crippen molar-refractivity contribution in [2.75, 3.05) is 20.7 Å². The number of rotatable bonds is 8. The van der Waals surface area contributed by atoms with Crippen molar-refractivity contribution in [2.24, 2.45) is 5.92 Å². The van der Waals surface area contributed by atoms with Crippen LogP contribution in [0.5, 0.6) is 5.75 Å². The monoisotopic (exact) mass is 609 g/mol. The number of benzene rings is 1. The van der Waals surface area contributed by atoms with Gasteiger partial charge in [-0.15, -0.1) is 0 Å². The lowest BCUT2D eigenvalue weighted by Gasteiger charge is -2.31. The van der Waals surface area contributed by atoms with Gasteiger partial charge in [0.15, 0.2) is 0 Å². The van der Waals surface area contributed by atoms with Crippen molar-refractivity contribution in [3.05, 3.63) is 74.4 Å². The van der Waals surface area contributed by atoms with E-state index in [9.17, 15) is 18.8 Å². The minimum Gasteiger partial charge on any atom is -0.496 e. The van der Waals surface area contributed by atoms with Gasteiger partial charge in [-0.05, 0) is 69.2 Å². The molecule has 1 aliphatic heterocycles. The van der Waals surface area contributed by atoms with E-state index in [4.69, 9.17) is 9.47 Å². The summed E-state index contributed by atoms with van der Waals surface area (Å²) in [4.78, 5) is 43.5. The molecule has 1 aromatic carbocycles. The third-order valence-electron chi connectivity index (χ3n) is 8.85. The van der Waals surface area contributed by atoms with Gasteiger partial charge in [0.05, 0.1) is 25.1 Å². The van der Waals surface area contributed by atoms with Crippen LogP contribution in [0.2, 0.25) is 0 Å². The number of aryl methyl sites for hydroxylation is 1. The second-order valence-electron chi connectivity index (χ2n) is 11.7. The van der Waals surface area contributed by atoms with Gasteiger partial charge in [0.2, 0.25) is 5.91 Å². The fourth-order valence-electron chi connectivity index (χ4n) is 6.37.